The first kappa shape index (κ1) is 14.5. The molecule has 1 amide bonds. The first-order valence-corrected chi connectivity index (χ1v) is 5.47. The minimum absolute atomic E-state index is 0.0811. The standard InChI is InChI=1S/C11H19N3O4/c1-11(16,7-17-3)6-12-9(15)8-5-14(2)13-10(8)18-4/h5,16H,6-7H2,1-4H3,(H,12,15). The van der Waals surface area contributed by atoms with Crippen LogP contribution < -0.4 is 10.1 Å². The van der Waals surface area contributed by atoms with Gasteiger partial charge in [-0.15, -0.1) is 5.10 Å². The first-order chi connectivity index (χ1) is 8.39. The summed E-state index contributed by atoms with van der Waals surface area (Å²) < 4.78 is 11.3. The second-order valence-corrected chi connectivity index (χ2v) is 4.34. The van der Waals surface area contributed by atoms with Crippen molar-refractivity contribution >= 4 is 5.91 Å². The van der Waals surface area contributed by atoms with E-state index in [1.54, 1.807) is 20.2 Å². The lowest BCUT2D eigenvalue weighted by Gasteiger charge is -2.22. The highest BCUT2D eigenvalue weighted by Gasteiger charge is 2.23. The normalized spacial score (nSPS) is 14.1. The van der Waals surface area contributed by atoms with Gasteiger partial charge in [0.15, 0.2) is 0 Å². The number of carbonyl (C=O) groups is 1. The van der Waals surface area contributed by atoms with Gasteiger partial charge < -0.3 is 19.9 Å². The predicted molar refractivity (Wildman–Crippen MR) is 64.6 cm³/mol. The zero-order valence-corrected chi connectivity index (χ0v) is 11.1. The molecule has 7 nitrogen and oxygen atoms in total. The fraction of sp³-hybridized carbons (Fsp3) is 0.636. The Morgan fingerprint density at radius 3 is 2.83 bits per heavy atom. The Labute approximate surface area is 106 Å². The maximum absolute atomic E-state index is 11.9. The molecular formula is C11H19N3O4. The van der Waals surface area contributed by atoms with Crippen LogP contribution in [0.1, 0.15) is 17.3 Å². The Morgan fingerprint density at radius 1 is 1.61 bits per heavy atom. The van der Waals surface area contributed by atoms with E-state index in [4.69, 9.17) is 9.47 Å². The van der Waals surface area contributed by atoms with Gasteiger partial charge >= 0.3 is 0 Å². The SMILES string of the molecule is COCC(C)(O)CNC(=O)c1cn(C)nc1OC. The second-order valence-electron chi connectivity index (χ2n) is 4.34. The first-order valence-electron chi connectivity index (χ1n) is 5.47. The number of rotatable bonds is 6. The highest BCUT2D eigenvalue weighted by molar-refractivity contribution is 5.96. The molecule has 1 aromatic heterocycles. The predicted octanol–water partition coefficient (Wildman–Crippen LogP) is -0.444. The number of aryl methyl sites for hydroxylation is 1. The van der Waals surface area contributed by atoms with Crippen molar-refractivity contribution in [3.63, 3.8) is 0 Å². The summed E-state index contributed by atoms with van der Waals surface area (Å²) in [6, 6.07) is 0. The van der Waals surface area contributed by atoms with Gasteiger partial charge in [-0.3, -0.25) is 9.48 Å². The van der Waals surface area contributed by atoms with Crippen LogP contribution in [0.3, 0.4) is 0 Å². The number of ether oxygens (including phenoxy) is 2. The molecule has 102 valence electrons. The Hall–Kier alpha value is -1.60. The maximum atomic E-state index is 11.9. The van der Waals surface area contributed by atoms with Crippen molar-refractivity contribution in [2.75, 3.05) is 27.4 Å². The molecule has 1 heterocycles. The van der Waals surface area contributed by atoms with E-state index >= 15 is 0 Å². The lowest BCUT2D eigenvalue weighted by atomic mass is 10.1. The zero-order valence-electron chi connectivity index (χ0n) is 11.1. The molecule has 0 aliphatic rings. The molecule has 18 heavy (non-hydrogen) atoms. The monoisotopic (exact) mass is 257 g/mol. The van der Waals surface area contributed by atoms with Crippen LogP contribution in [0.4, 0.5) is 0 Å². The van der Waals surface area contributed by atoms with E-state index in [0.29, 0.717) is 5.56 Å². The van der Waals surface area contributed by atoms with E-state index in [1.165, 1.54) is 18.9 Å². The molecule has 1 rings (SSSR count). The van der Waals surface area contributed by atoms with E-state index in [2.05, 4.69) is 10.4 Å². The number of amides is 1. The summed E-state index contributed by atoms with van der Waals surface area (Å²) in [6.45, 7) is 1.80. The molecule has 0 spiro atoms. The molecule has 1 unspecified atom stereocenters. The third-order valence-electron chi connectivity index (χ3n) is 2.32. The number of hydrogen-bond donors (Lipinski definition) is 2. The van der Waals surface area contributed by atoms with E-state index in [-0.39, 0.29) is 24.9 Å². The topological polar surface area (TPSA) is 85.6 Å². The Kier molecular flexibility index (Phi) is 4.69. The third-order valence-corrected chi connectivity index (χ3v) is 2.32. The molecule has 0 radical (unpaired) electrons. The van der Waals surface area contributed by atoms with Crippen molar-refractivity contribution in [2.24, 2.45) is 7.05 Å². The van der Waals surface area contributed by atoms with Gasteiger partial charge in [0, 0.05) is 26.9 Å². The Bertz CT molecular complexity index is 414. The smallest absolute Gasteiger partial charge is 0.258 e. The minimum atomic E-state index is -1.11. The van der Waals surface area contributed by atoms with E-state index in [0.717, 1.165) is 0 Å². The minimum Gasteiger partial charge on any atom is -0.479 e. The van der Waals surface area contributed by atoms with Crippen LogP contribution in [0, 0.1) is 0 Å². The van der Waals surface area contributed by atoms with Gasteiger partial charge in [-0.1, -0.05) is 0 Å². The number of carbonyl (C=O) groups excluding carboxylic acids is 1. The van der Waals surface area contributed by atoms with Crippen molar-refractivity contribution in [1.82, 2.24) is 15.1 Å². The van der Waals surface area contributed by atoms with Crippen molar-refractivity contribution < 1.29 is 19.4 Å². The summed E-state index contributed by atoms with van der Waals surface area (Å²) in [7, 11) is 4.63. The molecule has 0 fully saturated rings. The summed E-state index contributed by atoms with van der Waals surface area (Å²) in [5.41, 5.74) is -0.784. The molecule has 1 atom stereocenters. The molecule has 1 aromatic rings. The van der Waals surface area contributed by atoms with Crippen molar-refractivity contribution in [2.45, 2.75) is 12.5 Å². The van der Waals surface area contributed by atoms with Gasteiger partial charge in [-0.25, -0.2) is 0 Å². The van der Waals surface area contributed by atoms with E-state index in [9.17, 15) is 9.90 Å². The molecule has 0 aliphatic heterocycles. The average Bonchev–Trinajstić information content (AvgIpc) is 2.67. The summed E-state index contributed by atoms with van der Waals surface area (Å²) in [5.74, 6) is -0.0993. The lowest BCUT2D eigenvalue weighted by molar-refractivity contribution is -0.0147. The highest BCUT2D eigenvalue weighted by Crippen LogP contribution is 2.14. The summed E-state index contributed by atoms with van der Waals surface area (Å²) >= 11 is 0. The molecule has 0 saturated carbocycles. The quantitative estimate of drug-likeness (QED) is 0.721. The van der Waals surface area contributed by atoms with Crippen LogP contribution >= 0.6 is 0 Å². The molecule has 7 heteroatoms. The highest BCUT2D eigenvalue weighted by atomic mass is 16.5. The maximum Gasteiger partial charge on any atom is 0.258 e. The molecule has 0 bridgehead atoms. The number of aliphatic hydroxyl groups is 1. The van der Waals surface area contributed by atoms with Crippen molar-refractivity contribution in [3.8, 4) is 5.88 Å². The average molecular weight is 257 g/mol. The second kappa shape index (κ2) is 5.83. The molecule has 0 aromatic carbocycles. The molecular weight excluding hydrogens is 238 g/mol. The number of hydrogen-bond acceptors (Lipinski definition) is 5. The van der Waals surface area contributed by atoms with Crippen molar-refractivity contribution in [3.05, 3.63) is 11.8 Å². The third kappa shape index (κ3) is 3.71. The summed E-state index contributed by atoms with van der Waals surface area (Å²) in [5, 5.41) is 16.4. The van der Waals surface area contributed by atoms with Crippen LogP contribution in [0.2, 0.25) is 0 Å². The van der Waals surface area contributed by atoms with Crippen LogP contribution in [0.25, 0.3) is 0 Å². The fourth-order valence-electron chi connectivity index (χ4n) is 1.50. The van der Waals surface area contributed by atoms with Gasteiger partial charge in [-0.05, 0) is 6.92 Å². The molecule has 2 N–H and O–H groups in total. The van der Waals surface area contributed by atoms with Gasteiger partial charge in [0.1, 0.15) is 11.2 Å². The lowest BCUT2D eigenvalue weighted by Crippen LogP contribution is -2.43. The van der Waals surface area contributed by atoms with Crippen LogP contribution in [-0.4, -0.2) is 53.8 Å². The largest absolute Gasteiger partial charge is 0.479 e. The molecule has 0 saturated heterocycles. The number of nitrogens with zero attached hydrogens (tertiary/aromatic N) is 2. The Morgan fingerprint density at radius 2 is 2.28 bits per heavy atom. The number of aromatic nitrogens is 2. The molecule has 0 aliphatic carbocycles. The zero-order chi connectivity index (χ0) is 13.8. The number of nitrogens with one attached hydrogen (secondary N) is 1. The van der Waals surface area contributed by atoms with Gasteiger partial charge in [0.25, 0.3) is 5.91 Å². The van der Waals surface area contributed by atoms with Crippen LogP contribution in [-0.2, 0) is 11.8 Å². The van der Waals surface area contributed by atoms with Gasteiger partial charge in [-0.2, -0.15) is 0 Å². The van der Waals surface area contributed by atoms with Gasteiger partial charge in [0.2, 0.25) is 5.88 Å². The van der Waals surface area contributed by atoms with Crippen LogP contribution in [0.15, 0.2) is 6.20 Å². The fourth-order valence-corrected chi connectivity index (χ4v) is 1.50. The Balaban J connectivity index is 2.65. The van der Waals surface area contributed by atoms with Crippen molar-refractivity contribution in [1.29, 1.82) is 0 Å². The number of methoxy groups -OCH3 is 2. The van der Waals surface area contributed by atoms with Crippen LogP contribution in [0.5, 0.6) is 5.88 Å². The summed E-state index contributed by atoms with van der Waals surface area (Å²) in [6.07, 6.45) is 1.55. The van der Waals surface area contributed by atoms with E-state index in [1.807, 2.05) is 0 Å². The van der Waals surface area contributed by atoms with Gasteiger partial charge in [0.05, 0.1) is 13.7 Å². The van der Waals surface area contributed by atoms with E-state index < -0.39 is 5.60 Å². The summed E-state index contributed by atoms with van der Waals surface area (Å²) in [4.78, 5) is 11.9.